The summed E-state index contributed by atoms with van der Waals surface area (Å²) in [4.78, 5) is 22.1. The summed E-state index contributed by atoms with van der Waals surface area (Å²) in [5, 5.41) is 15.6. The number of fused-ring (bicyclic) bond motifs is 1. The van der Waals surface area contributed by atoms with Crippen LogP contribution in [0.4, 0.5) is 8.78 Å². The number of halogens is 2. The Labute approximate surface area is 169 Å². The molecule has 1 aromatic carbocycles. The van der Waals surface area contributed by atoms with Gasteiger partial charge >= 0.3 is 11.9 Å². The second kappa shape index (κ2) is 9.94. The van der Waals surface area contributed by atoms with Gasteiger partial charge in [0, 0.05) is 48.5 Å². The van der Waals surface area contributed by atoms with E-state index in [-0.39, 0.29) is 11.8 Å². The van der Waals surface area contributed by atoms with Gasteiger partial charge in [-0.05, 0) is 24.8 Å². The van der Waals surface area contributed by atoms with Gasteiger partial charge < -0.3 is 30.2 Å². The molecular formula is C18H19F2N3O5S. The fourth-order valence-electron chi connectivity index (χ4n) is 2.88. The zero-order chi connectivity index (χ0) is 21.6. The second-order valence-electron chi connectivity index (χ2n) is 6.05. The molecule has 0 unspecified atom stereocenters. The molecule has 0 amide bonds. The lowest BCUT2D eigenvalue weighted by Crippen LogP contribution is -2.27. The highest BCUT2D eigenvalue weighted by atomic mass is 32.1. The van der Waals surface area contributed by atoms with E-state index in [0.717, 1.165) is 11.8 Å². The smallest absolute Gasteiger partial charge is 0.328 e. The number of carboxylic acids is 2. The van der Waals surface area contributed by atoms with Gasteiger partial charge in [-0.2, -0.15) is 0 Å². The number of rotatable bonds is 5. The van der Waals surface area contributed by atoms with E-state index < -0.39 is 23.6 Å². The molecule has 2 heterocycles. The van der Waals surface area contributed by atoms with Crippen LogP contribution in [0, 0.1) is 16.4 Å². The summed E-state index contributed by atoms with van der Waals surface area (Å²) in [5.74, 6) is -3.64. The Morgan fingerprint density at radius 2 is 1.97 bits per heavy atom. The third-order valence-electron chi connectivity index (χ3n) is 3.99. The Hall–Kier alpha value is -3.05. The van der Waals surface area contributed by atoms with Crippen LogP contribution in [0.15, 0.2) is 30.5 Å². The summed E-state index contributed by atoms with van der Waals surface area (Å²) in [5.41, 5.74) is 7.08. The van der Waals surface area contributed by atoms with E-state index in [4.69, 9.17) is 32.9 Å². The van der Waals surface area contributed by atoms with Crippen molar-refractivity contribution in [3.05, 3.63) is 58.1 Å². The van der Waals surface area contributed by atoms with Crippen molar-refractivity contribution in [1.29, 1.82) is 0 Å². The van der Waals surface area contributed by atoms with Crippen LogP contribution in [0.3, 0.4) is 0 Å². The fraction of sp³-hybridized carbons (Fsp3) is 0.278. The van der Waals surface area contributed by atoms with Crippen LogP contribution >= 0.6 is 12.2 Å². The Kier molecular flexibility index (Phi) is 7.62. The average Bonchev–Trinajstić information content (AvgIpc) is 3.00. The zero-order valence-corrected chi connectivity index (χ0v) is 15.9. The minimum absolute atomic E-state index is 0.0981. The van der Waals surface area contributed by atoms with Crippen molar-refractivity contribution in [3.63, 3.8) is 0 Å². The van der Waals surface area contributed by atoms with Crippen LogP contribution in [0.1, 0.15) is 17.3 Å². The summed E-state index contributed by atoms with van der Waals surface area (Å²) < 4.78 is 35.0. The predicted molar refractivity (Wildman–Crippen MR) is 101 cm³/mol. The van der Waals surface area contributed by atoms with E-state index in [1.165, 1.54) is 6.07 Å². The standard InChI is InChI=1S/C14H15F2N3OS.C4H4O4/c15-9-3-8-4-11(7-20-13(8)12(16)5-9)19-10(1-2-17)6-18-14(19)21;5-3(6)1-2-4(7)8/h3,5-6,11H,1-2,4,7,17H2,(H,18,21);1-2H,(H,5,6)(H,7,8)/b;2-1-/t11-;/m1./s1. The Morgan fingerprint density at radius 1 is 1.31 bits per heavy atom. The van der Waals surface area contributed by atoms with Crippen LogP contribution in [-0.4, -0.2) is 44.9 Å². The first-order valence-corrected chi connectivity index (χ1v) is 8.87. The number of nitrogens with two attached hydrogens (primary N) is 1. The number of hydrogen-bond donors (Lipinski definition) is 4. The lowest BCUT2D eigenvalue weighted by Gasteiger charge is -2.27. The maximum Gasteiger partial charge on any atom is 0.328 e. The molecule has 0 saturated carbocycles. The number of carbonyl (C=O) groups is 2. The van der Waals surface area contributed by atoms with E-state index >= 15 is 0 Å². The SMILES string of the molecule is NCCc1c[nH]c(=S)n1[C@H]1COc2c(F)cc(F)cc2C1.O=C(O)/C=C\C(=O)O. The second-order valence-corrected chi connectivity index (χ2v) is 6.44. The van der Waals surface area contributed by atoms with Crippen molar-refractivity contribution < 1.29 is 33.3 Å². The van der Waals surface area contributed by atoms with E-state index in [9.17, 15) is 18.4 Å². The van der Waals surface area contributed by atoms with Gasteiger partial charge in [0.1, 0.15) is 12.4 Å². The highest BCUT2D eigenvalue weighted by Gasteiger charge is 2.26. The molecule has 0 saturated heterocycles. The first-order valence-electron chi connectivity index (χ1n) is 8.46. The number of ether oxygens (including phenoxy) is 1. The molecule has 1 aromatic heterocycles. The topological polar surface area (TPSA) is 131 Å². The molecule has 2 aromatic rings. The molecule has 8 nitrogen and oxygen atoms in total. The summed E-state index contributed by atoms with van der Waals surface area (Å²) in [6.45, 7) is 0.791. The van der Waals surface area contributed by atoms with Gasteiger partial charge in [-0.1, -0.05) is 0 Å². The summed E-state index contributed by atoms with van der Waals surface area (Å²) >= 11 is 5.28. The molecule has 3 rings (SSSR count). The average molecular weight is 427 g/mol. The van der Waals surface area contributed by atoms with Gasteiger partial charge in [0.2, 0.25) is 0 Å². The summed E-state index contributed by atoms with van der Waals surface area (Å²) in [7, 11) is 0. The molecule has 1 aliphatic rings. The maximum atomic E-state index is 13.7. The number of nitrogens with zero attached hydrogens (tertiary/aromatic N) is 1. The minimum atomic E-state index is -1.26. The number of nitrogens with one attached hydrogen (secondary N) is 1. The Bertz CT molecular complexity index is 970. The van der Waals surface area contributed by atoms with Gasteiger partial charge in [-0.3, -0.25) is 0 Å². The van der Waals surface area contributed by atoms with Crippen molar-refractivity contribution in [2.45, 2.75) is 18.9 Å². The number of benzene rings is 1. The van der Waals surface area contributed by atoms with Crippen molar-refractivity contribution in [2.75, 3.05) is 13.2 Å². The van der Waals surface area contributed by atoms with Crippen molar-refractivity contribution >= 4 is 24.2 Å². The van der Waals surface area contributed by atoms with E-state index in [1.54, 1.807) is 0 Å². The lowest BCUT2D eigenvalue weighted by atomic mass is 10.0. The molecular weight excluding hydrogens is 408 g/mol. The molecule has 0 aliphatic carbocycles. The minimum Gasteiger partial charge on any atom is -0.488 e. The molecule has 0 radical (unpaired) electrons. The van der Waals surface area contributed by atoms with Crippen molar-refractivity contribution in [3.8, 4) is 5.75 Å². The van der Waals surface area contributed by atoms with Gasteiger partial charge in [-0.25, -0.2) is 18.4 Å². The molecule has 5 N–H and O–H groups in total. The molecule has 1 aliphatic heterocycles. The number of aromatic amines is 1. The number of aliphatic carboxylic acids is 2. The molecule has 0 spiro atoms. The number of aromatic nitrogens is 2. The predicted octanol–water partition coefficient (Wildman–Crippen LogP) is 2.21. The van der Waals surface area contributed by atoms with Gasteiger partial charge in [0.25, 0.3) is 0 Å². The lowest BCUT2D eigenvalue weighted by molar-refractivity contribution is -0.134. The number of imidazole rings is 1. The first kappa shape index (κ1) is 22.2. The van der Waals surface area contributed by atoms with E-state index in [1.807, 2.05) is 10.8 Å². The summed E-state index contributed by atoms with van der Waals surface area (Å²) in [6.07, 6.45) is 4.07. The number of hydrogen-bond acceptors (Lipinski definition) is 5. The van der Waals surface area contributed by atoms with Crippen molar-refractivity contribution in [2.24, 2.45) is 5.73 Å². The van der Waals surface area contributed by atoms with Gasteiger partial charge in [0.05, 0.1) is 6.04 Å². The monoisotopic (exact) mass is 427 g/mol. The molecule has 11 heteroatoms. The quantitative estimate of drug-likeness (QED) is 0.425. The summed E-state index contributed by atoms with van der Waals surface area (Å²) in [6, 6.07) is 2.05. The molecule has 156 valence electrons. The normalized spacial score (nSPS) is 15.2. The Morgan fingerprint density at radius 3 is 2.55 bits per heavy atom. The van der Waals surface area contributed by atoms with Crippen LogP contribution < -0.4 is 10.5 Å². The first-order chi connectivity index (χ1) is 13.7. The van der Waals surface area contributed by atoms with Crippen molar-refractivity contribution in [1.82, 2.24) is 9.55 Å². The van der Waals surface area contributed by atoms with E-state index in [2.05, 4.69) is 4.98 Å². The number of H-pyrrole nitrogens is 1. The molecule has 0 bridgehead atoms. The molecule has 0 fully saturated rings. The Balaban J connectivity index is 0.000000321. The van der Waals surface area contributed by atoms with Crippen LogP contribution in [0.2, 0.25) is 0 Å². The highest BCUT2D eigenvalue weighted by molar-refractivity contribution is 7.71. The molecule has 29 heavy (non-hydrogen) atoms. The third-order valence-corrected chi connectivity index (χ3v) is 4.30. The van der Waals surface area contributed by atoms with Crippen LogP contribution in [0.5, 0.6) is 5.75 Å². The van der Waals surface area contributed by atoms with Gasteiger partial charge in [-0.15, -0.1) is 0 Å². The third kappa shape index (κ3) is 5.96. The zero-order valence-electron chi connectivity index (χ0n) is 15.1. The number of carboxylic acid groups (broad SMARTS) is 2. The van der Waals surface area contributed by atoms with Gasteiger partial charge in [0.15, 0.2) is 16.3 Å². The van der Waals surface area contributed by atoms with E-state index in [0.29, 0.717) is 48.5 Å². The van der Waals surface area contributed by atoms with Crippen LogP contribution in [0.25, 0.3) is 0 Å². The maximum absolute atomic E-state index is 13.7. The molecule has 1 atom stereocenters. The fourth-order valence-corrected chi connectivity index (χ4v) is 3.21. The highest BCUT2D eigenvalue weighted by Crippen LogP contribution is 2.33. The van der Waals surface area contributed by atoms with Crippen LogP contribution in [-0.2, 0) is 22.4 Å². The largest absolute Gasteiger partial charge is 0.488 e.